The molecule has 1 N–H and O–H groups in total. The van der Waals surface area contributed by atoms with Crippen molar-refractivity contribution < 1.29 is 13.2 Å². The maximum Gasteiger partial charge on any atom is 0.214 e. The molecule has 1 unspecified atom stereocenters. The first kappa shape index (κ1) is 15.8. The van der Waals surface area contributed by atoms with E-state index in [9.17, 15) is 8.42 Å². The molecule has 1 atom stereocenters. The fourth-order valence-corrected chi connectivity index (χ4v) is 3.24. The summed E-state index contributed by atoms with van der Waals surface area (Å²) in [5, 5.41) is 3.31. The number of rotatable bonds is 5. The number of fused-ring (bicyclic) bond motifs is 1. The Morgan fingerprint density at radius 3 is 2.90 bits per heavy atom. The first-order valence-corrected chi connectivity index (χ1v) is 8.86. The molecule has 1 heterocycles. The highest BCUT2D eigenvalue weighted by Crippen LogP contribution is 2.33. The van der Waals surface area contributed by atoms with Crippen LogP contribution < -0.4 is 10.1 Å². The van der Waals surface area contributed by atoms with Crippen molar-refractivity contribution in [1.82, 2.24) is 9.62 Å². The molecule has 7 heteroatoms. The smallest absolute Gasteiger partial charge is 0.214 e. The van der Waals surface area contributed by atoms with Crippen LogP contribution in [0.4, 0.5) is 0 Å². The van der Waals surface area contributed by atoms with E-state index < -0.39 is 10.0 Å². The van der Waals surface area contributed by atoms with Crippen LogP contribution in [-0.2, 0) is 10.0 Å². The molecule has 0 spiro atoms. The van der Waals surface area contributed by atoms with Crippen molar-refractivity contribution in [2.75, 3.05) is 33.0 Å². The van der Waals surface area contributed by atoms with Crippen LogP contribution in [0.3, 0.4) is 0 Å². The van der Waals surface area contributed by atoms with E-state index in [0.29, 0.717) is 13.2 Å². The molecule has 1 aromatic rings. The predicted molar refractivity (Wildman–Crippen MR) is 82.5 cm³/mol. The van der Waals surface area contributed by atoms with Gasteiger partial charge in [0, 0.05) is 43.1 Å². The molecular weight excluding hydrogens is 344 g/mol. The van der Waals surface area contributed by atoms with Crippen LogP contribution in [0.1, 0.15) is 18.0 Å². The standard InChI is InChI=1S/C13H19BrN2O3S/c1-16(2)20(17,18)8-6-15-12-5-7-19-13-4-3-10(14)9-11(12)13/h3-4,9,12,15H,5-8H2,1-2H3. The lowest BCUT2D eigenvalue weighted by atomic mass is 10.0. The molecule has 0 aliphatic carbocycles. The van der Waals surface area contributed by atoms with Crippen LogP contribution in [0.25, 0.3) is 0 Å². The van der Waals surface area contributed by atoms with E-state index in [0.717, 1.165) is 22.2 Å². The van der Waals surface area contributed by atoms with Crippen LogP contribution in [0.15, 0.2) is 22.7 Å². The van der Waals surface area contributed by atoms with Crippen molar-refractivity contribution in [2.24, 2.45) is 0 Å². The molecule has 0 radical (unpaired) electrons. The number of sulfonamides is 1. The average molecular weight is 363 g/mol. The number of nitrogens with zero attached hydrogens (tertiary/aromatic N) is 1. The molecule has 0 saturated heterocycles. The summed E-state index contributed by atoms with van der Waals surface area (Å²) in [6.45, 7) is 1.07. The lowest BCUT2D eigenvalue weighted by Gasteiger charge is -2.27. The summed E-state index contributed by atoms with van der Waals surface area (Å²) in [6, 6.07) is 6.03. The van der Waals surface area contributed by atoms with Crippen molar-refractivity contribution in [2.45, 2.75) is 12.5 Å². The Morgan fingerprint density at radius 1 is 1.45 bits per heavy atom. The van der Waals surface area contributed by atoms with E-state index in [1.54, 1.807) is 14.1 Å². The summed E-state index contributed by atoms with van der Waals surface area (Å²) >= 11 is 3.45. The largest absolute Gasteiger partial charge is 0.493 e. The molecule has 0 saturated carbocycles. The second kappa shape index (κ2) is 6.43. The van der Waals surface area contributed by atoms with Gasteiger partial charge in [-0.2, -0.15) is 0 Å². The zero-order valence-corrected chi connectivity index (χ0v) is 14.0. The second-order valence-corrected chi connectivity index (χ2v) is 8.14. The third-order valence-electron chi connectivity index (χ3n) is 3.32. The summed E-state index contributed by atoms with van der Waals surface area (Å²) in [5.41, 5.74) is 1.08. The molecule has 0 amide bonds. The zero-order chi connectivity index (χ0) is 14.8. The SMILES string of the molecule is CN(C)S(=O)(=O)CCNC1CCOc2ccc(Br)cc21. The van der Waals surface area contributed by atoms with Crippen LogP contribution in [0, 0.1) is 0 Å². The van der Waals surface area contributed by atoms with Crippen molar-refractivity contribution in [1.29, 1.82) is 0 Å². The van der Waals surface area contributed by atoms with Gasteiger partial charge in [0.2, 0.25) is 10.0 Å². The number of hydrogen-bond acceptors (Lipinski definition) is 4. The van der Waals surface area contributed by atoms with E-state index in [2.05, 4.69) is 21.2 Å². The third-order valence-corrected chi connectivity index (χ3v) is 5.64. The molecule has 1 aliphatic heterocycles. The first-order valence-electron chi connectivity index (χ1n) is 6.46. The minimum Gasteiger partial charge on any atom is -0.493 e. The fraction of sp³-hybridized carbons (Fsp3) is 0.538. The Balaban J connectivity index is 2.01. The van der Waals surface area contributed by atoms with Crippen LogP contribution in [0.5, 0.6) is 5.75 Å². The Bertz CT molecular complexity index is 575. The monoisotopic (exact) mass is 362 g/mol. The second-order valence-electron chi connectivity index (χ2n) is 4.92. The fourth-order valence-electron chi connectivity index (χ4n) is 2.12. The number of nitrogens with one attached hydrogen (secondary N) is 1. The van der Waals surface area contributed by atoms with Crippen molar-refractivity contribution in [3.63, 3.8) is 0 Å². The lowest BCUT2D eigenvalue weighted by Crippen LogP contribution is -2.34. The lowest BCUT2D eigenvalue weighted by molar-refractivity contribution is 0.254. The van der Waals surface area contributed by atoms with Crippen molar-refractivity contribution >= 4 is 26.0 Å². The number of benzene rings is 1. The topological polar surface area (TPSA) is 58.6 Å². The minimum absolute atomic E-state index is 0.0979. The quantitative estimate of drug-likeness (QED) is 0.866. The van der Waals surface area contributed by atoms with Crippen molar-refractivity contribution in [3.05, 3.63) is 28.2 Å². The van der Waals surface area contributed by atoms with E-state index in [1.807, 2.05) is 18.2 Å². The summed E-state index contributed by atoms with van der Waals surface area (Å²) < 4.78 is 31.3. The van der Waals surface area contributed by atoms with Gasteiger partial charge in [-0.1, -0.05) is 15.9 Å². The van der Waals surface area contributed by atoms with Gasteiger partial charge in [0.05, 0.1) is 12.4 Å². The zero-order valence-electron chi connectivity index (χ0n) is 11.6. The molecule has 112 valence electrons. The minimum atomic E-state index is -3.15. The number of hydrogen-bond donors (Lipinski definition) is 1. The highest BCUT2D eigenvalue weighted by atomic mass is 79.9. The third kappa shape index (κ3) is 3.72. The molecule has 0 bridgehead atoms. The van der Waals surface area contributed by atoms with Gasteiger partial charge in [-0.25, -0.2) is 12.7 Å². The Kier molecular flexibility index (Phi) is 5.06. The average Bonchev–Trinajstić information content (AvgIpc) is 2.39. The van der Waals surface area contributed by atoms with Crippen LogP contribution in [0.2, 0.25) is 0 Å². The van der Waals surface area contributed by atoms with Crippen LogP contribution >= 0.6 is 15.9 Å². The van der Waals surface area contributed by atoms with Gasteiger partial charge in [-0.3, -0.25) is 0 Å². The summed E-state index contributed by atoms with van der Waals surface area (Å²) in [5.74, 6) is 0.966. The molecule has 2 rings (SSSR count). The highest BCUT2D eigenvalue weighted by molar-refractivity contribution is 9.10. The Labute approximate surface area is 128 Å². The molecular formula is C13H19BrN2O3S. The number of halogens is 1. The van der Waals surface area contributed by atoms with E-state index in [1.165, 1.54) is 4.31 Å². The van der Waals surface area contributed by atoms with E-state index in [4.69, 9.17) is 4.74 Å². The van der Waals surface area contributed by atoms with Gasteiger partial charge in [0.25, 0.3) is 0 Å². The summed E-state index contributed by atoms with van der Waals surface area (Å²) in [4.78, 5) is 0. The van der Waals surface area contributed by atoms with Gasteiger partial charge in [0.1, 0.15) is 5.75 Å². The van der Waals surface area contributed by atoms with Crippen molar-refractivity contribution in [3.8, 4) is 5.75 Å². The molecule has 5 nitrogen and oxygen atoms in total. The van der Waals surface area contributed by atoms with Gasteiger partial charge >= 0.3 is 0 Å². The molecule has 1 aromatic carbocycles. The van der Waals surface area contributed by atoms with Gasteiger partial charge in [0.15, 0.2) is 0 Å². The Morgan fingerprint density at radius 2 is 2.20 bits per heavy atom. The van der Waals surface area contributed by atoms with Gasteiger partial charge in [-0.15, -0.1) is 0 Å². The number of ether oxygens (including phenoxy) is 1. The molecule has 0 aromatic heterocycles. The Hall–Kier alpha value is -0.630. The van der Waals surface area contributed by atoms with E-state index >= 15 is 0 Å². The molecule has 20 heavy (non-hydrogen) atoms. The summed E-state index contributed by atoms with van der Waals surface area (Å²) in [6.07, 6.45) is 0.839. The summed E-state index contributed by atoms with van der Waals surface area (Å²) in [7, 11) is -0.0507. The highest BCUT2D eigenvalue weighted by Gasteiger charge is 2.22. The first-order chi connectivity index (χ1) is 9.40. The molecule has 0 fully saturated rings. The maximum absolute atomic E-state index is 11.7. The predicted octanol–water partition coefficient (Wildman–Crippen LogP) is 1.75. The maximum atomic E-state index is 11.7. The van der Waals surface area contributed by atoms with Gasteiger partial charge in [-0.05, 0) is 18.2 Å². The van der Waals surface area contributed by atoms with Gasteiger partial charge < -0.3 is 10.1 Å². The van der Waals surface area contributed by atoms with E-state index in [-0.39, 0.29) is 11.8 Å². The molecule has 1 aliphatic rings. The van der Waals surface area contributed by atoms with Crippen LogP contribution in [-0.4, -0.2) is 45.7 Å². The normalized spacial score (nSPS) is 18.7.